The number of hydrogen-bond acceptors (Lipinski definition) is 2. The summed E-state index contributed by atoms with van der Waals surface area (Å²) in [6.45, 7) is 9.86. The first kappa shape index (κ1) is 13.9. The second kappa shape index (κ2) is 6.41. The van der Waals surface area contributed by atoms with Crippen molar-refractivity contribution in [2.75, 3.05) is 13.6 Å². The van der Waals surface area contributed by atoms with Crippen LogP contribution in [0, 0.1) is 0 Å². The van der Waals surface area contributed by atoms with Gasteiger partial charge in [-0.3, -0.25) is 0 Å². The highest BCUT2D eigenvalue weighted by molar-refractivity contribution is 4.83. The Balaban J connectivity index is 4.07. The van der Waals surface area contributed by atoms with Crippen molar-refractivity contribution in [1.29, 1.82) is 0 Å². The topological polar surface area (TPSA) is 29.3 Å². The van der Waals surface area contributed by atoms with Crippen LogP contribution in [0.5, 0.6) is 0 Å². The van der Waals surface area contributed by atoms with Crippen molar-refractivity contribution in [2.24, 2.45) is 5.73 Å². The Kier molecular flexibility index (Phi) is 6.38. The second-order valence-corrected chi connectivity index (χ2v) is 4.79. The molecule has 1 unspecified atom stereocenters. The van der Waals surface area contributed by atoms with E-state index in [0.717, 1.165) is 13.0 Å². The van der Waals surface area contributed by atoms with Gasteiger partial charge in [0.2, 0.25) is 0 Å². The summed E-state index contributed by atoms with van der Waals surface area (Å²) in [4.78, 5) is 2.41. The molecule has 0 aromatic carbocycles. The Labute approximate surface area is 89.9 Å². The van der Waals surface area contributed by atoms with Crippen molar-refractivity contribution in [3.05, 3.63) is 0 Å². The van der Waals surface area contributed by atoms with Crippen LogP contribution >= 0.6 is 0 Å². The highest BCUT2D eigenvalue weighted by atomic mass is 15.1. The van der Waals surface area contributed by atoms with Crippen LogP contribution in [0.3, 0.4) is 0 Å². The van der Waals surface area contributed by atoms with E-state index in [4.69, 9.17) is 5.73 Å². The van der Waals surface area contributed by atoms with E-state index in [1.807, 2.05) is 0 Å². The van der Waals surface area contributed by atoms with Gasteiger partial charge in [0.1, 0.15) is 0 Å². The molecule has 2 nitrogen and oxygen atoms in total. The third kappa shape index (κ3) is 4.97. The molecule has 0 aromatic rings. The van der Waals surface area contributed by atoms with Gasteiger partial charge in [-0.25, -0.2) is 0 Å². The highest BCUT2D eigenvalue weighted by Gasteiger charge is 2.22. The highest BCUT2D eigenvalue weighted by Crippen LogP contribution is 2.14. The summed E-state index contributed by atoms with van der Waals surface area (Å²) in [6.07, 6.45) is 4.71. The molecule has 0 heterocycles. The summed E-state index contributed by atoms with van der Waals surface area (Å²) >= 11 is 0. The zero-order valence-electron chi connectivity index (χ0n) is 10.6. The predicted molar refractivity (Wildman–Crippen MR) is 64.5 cm³/mol. The van der Waals surface area contributed by atoms with Gasteiger partial charge in [-0.15, -0.1) is 0 Å². The molecule has 0 rings (SSSR count). The molecule has 1 atom stereocenters. The molecule has 0 saturated heterocycles. The maximum absolute atomic E-state index is 6.23. The van der Waals surface area contributed by atoms with Gasteiger partial charge in [-0.05, 0) is 33.2 Å². The van der Waals surface area contributed by atoms with E-state index < -0.39 is 0 Å². The van der Waals surface area contributed by atoms with Gasteiger partial charge >= 0.3 is 0 Å². The normalized spacial score (nSPS) is 16.3. The fourth-order valence-corrected chi connectivity index (χ4v) is 2.26. The van der Waals surface area contributed by atoms with E-state index in [9.17, 15) is 0 Å². The standard InChI is InChI=1S/C12H28N2/c1-6-9-12(4,13)10-14(5)11(7-2)8-3/h11H,6-10,13H2,1-5H3. The van der Waals surface area contributed by atoms with Crippen molar-refractivity contribution < 1.29 is 0 Å². The zero-order valence-corrected chi connectivity index (χ0v) is 10.6. The number of hydrogen-bond donors (Lipinski definition) is 1. The Bertz CT molecular complexity index is 139. The van der Waals surface area contributed by atoms with Crippen LogP contribution in [-0.2, 0) is 0 Å². The van der Waals surface area contributed by atoms with Crippen molar-refractivity contribution in [1.82, 2.24) is 4.90 Å². The molecule has 0 radical (unpaired) electrons. The molecule has 2 heteroatoms. The number of likely N-dealkylation sites (N-methyl/N-ethyl adjacent to an activating group) is 1. The lowest BCUT2D eigenvalue weighted by atomic mass is 9.96. The maximum Gasteiger partial charge on any atom is 0.0254 e. The second-order valence-electron chi connectivity index (χ2n) is 4.79. The Hall–Kier alpha value is -0.0800. The van der Waals surface area contributed by atoms with Gasteiger partial charge < -0.3 is 10.6 Å². The van der Waals surface area contributed by atoms with Crippen LogP contribution in [-0.4, -0.2) is 30.1 Å². The van der Waals surface area contributed by atoms with Crippen molar-refractivity contribution in [3.8, 4) is 0 Å². The van der Waals surface area contributed by atoms with E-state index in [0.29, 0.717) is 6.04 Å². The van der Waals surface area contributed by atoms with Gasteiger partial charge in [-0.2, -0.15) is 0 Å². The molecule has 0 fully saturated rings. The van der Waals surface area contributed by atoms with Crippen LogP contribution in [0.15, 0.2) is 0 Å². The smallest absolute Gasteiger partial charge is 0.0254 e. The number of rotatable bonds is 7. The van der Waals surface area contributed by atoms with E-state index in [2.05, 4.69) is 39.6 Å². The lowest BCUT2D eigenvalue weighted by Crippen LogP contribution is -2.49. The predicted octanol–water partition coefficient (Wildman–Crippen LogP) is 2.62. The number of nitrogens with two attached hydrogens (primary N) is 1. The average Bonchev–Trinajstić information content (AvgIpc) is 2.04. The largest absolute Gasteiger partial charge is 0.324 e. The molecule has 2 N–H and O–H groups in total. The SMILES string of the molecule is CCCC(C)(N)CN(C)C(CC)CC. The summed E-state index contributed by atoms with van der Waals surface area (Å²) in [5, 5.41) is 0. The first-order valence-corrected chi connectivity index (χ1v) is 5.96. The first-order valence-electron chi connectivity index (χ1n) is 5.96. The summed E-state index contributed by atoms with van der Waals surface area (Å²) in [6, 6.07) is 0.690. The molecular weight excluding hydrogens is 172 g/mol. The van der Waals surface area contributed by atoms with E-state index >= 15 is 0 Å². The van der Waals surface area contributed by atoms with Crippen LogP contribution in [0.1, 0.15) is 53.4 Å². The monoisotopic (exact) mass is 200 g/mol. The van der Waals surface area contributed by atoms with Crippen LogP contribution in [0.2, 0.25) is 0 Å². The molecule has 0 aliphatic rings. The first-order chi connectivity index (χ1) is 6.46. The molecular formula is C12H28N2. The molecule has 0 saturated carbocycles. The Morgan fingerprint density at radius 3 is 2.07 bits per heavy atom. The Morgan fingerprint density at radius 1 is 1.21 bits per heavy atom. The molecule has 0 amide bonds. The quantitative estimate of drug-likeness (QED) is 0.684. The molecule has 0 aromatic heterocycles. The average molecular weight is 200 g/mol. The fraction of sp³-hybridized carbons (Fsp3) is 1.00. The van der Waals surface area contributed by atoms with Crippen molar-refractivity contribution >= 4 is 0 Å². The van der Waals surface area contributed by atoms with Crippen molar-refractivity contribution in [3.63, 3.8) is 0 Å². The summed E-state index contributed by atoms with van der Waals surface area (Å²) in [5.74, 6) is 0. The third-order valence-electron chi connectivity index (χ3n) is 3.00. The van der Waals surface area contributed by atoms with E-state index in [1.54, 1.807) is 0 Å². The molecule has 0 aliphatic heterocycles. The van der Waals surface area contributed by atoms with Gasteiger partial charge in [-0.1, -0.05) is 27.2 Å². The fourth-order valence-electron chi connectivity index (χ4n) is 2.26. The van der Waals surface area contributed by atoms with Crippen LogP contribution in [0.25, 0.3) is 0 Å². The summed E-state index contributed by atoms with van der Waals surface area (Å²) in [7, 11) is 2.19. The molecule has 86 valence electrons. The molecule has 0 bridgehead atoms. The summed E-state index contributed by atoms with van der Waals surface area (Å²) in [5.41, 5.74) is 6.21. The van der Waals surface area contributed by atoms with Gasteiger partial charge in [0.25, 0.3) is 0 Å². The zero-order chi connectivity index (χ0) is 11.2. The van der Waals surface area contributed by atoms with Gasteiger partial charge in [0.15, 0.2) is 0 Å². The van der Waals surface area contributed by atoms with E-state index in [1.165, 1.54) is 19.3 Å². The lowest BCUT2D eigenvalue weighted by molar-refractivity contribution is 0.179. The minimum atomic E-state index is -0.0217. The summed E-state index contributed by atoms with van der Waals surface area (Å²) < 4.78 is 0. The van der Waals surface area contributed by atoms with Crippen LogP contribution < -0.4 is 5.73 Å². The lowest BCUT2D eigenvalue weighted by Gasteiger charge is -2.34. The molecule has 14 heavy (non-hydrogen) atoms. The minimum Gasteiger partial charge on any atom is -0.324 e. The third-order valence-corrected chi connectivity index (χ3v) is 3.00. The molecule has 0 spiro atoms. The van der Waals surface area contributed by atoms with Crippen LogP contribution in [0.4, 0.5) is 0 Å². The van der Waals surface area contributed by atoms with Gasteiger partial charge in [0, 0.05) is 18.1 Å². The van der Waals surface area contributed by atoms with E-state index in [-0.39, 0.29) is 5.54 Å². The number of nitrogens with zero attached hydrogens (tertiary/aromatic N) is 1. The maximum atomic E-state index is 6.23. The Morgan fingerprint density at radius 2 is 1.71 bits per heavy atom. The van der Waals surface area contributed by atoms with Crippen molar-refractivity contribution in [2.45, 2.75) is 65.0 Å². The molecule has 0 aliphatic carbocycles. The minimum absolute atomic E-state index is 0.0217. The van der Waals surface area contributed by atoms with Gasteiger partial charge in [0.05, 0.1) is 0 Å².